The van der Waals surface area contributed by atoms with Gasteiger partial charge in [0.2, 0.25) is 0 Å². The van der Waals surface area contributed by atoms with Crippen LogP contribution in [0.4, 0.5) is 0 Å². The van der Waals surface area contributed by atoms with Crippen molar-refractivity contribution in [1.29, 1.82) is 0 Å². The summed E-state index contributed by atoms with van der Waals surface area (Å²) in [5.74, 6) is 0.600. The number of fused-ring (bicyclic) bond motifs is 1. The van der Waals surface area contributed by atoms with Crippen LogP contribution >= 0.6 is 0 Å². The van der Waals surface area contributed by atoms with Gasteiger partial charge in [0.05, 0.1) is 6.61 Å². The van der Waals surface area contributed by atoms with Gasteiger partial charge in [0.15, 0.2) is 0 Å². The summed E-state index contributed by atoms with van der Waals surface area (Å²) in [4.78, 5) is 0. The number of benzene rings is 2. The number of ether oxygens (including phenoxy) is 1. The van der Waals surface area contributed by atoms with E-state index in [0.717, 1.165) is 32.6 Å². The summed E-state index contributed by atoms with van der Waals surface area (Å²) in [7, 11) is 0. The molecule has 1 fully saturated rings. The van der Waals surface area contributed by atoms with Gasteiger partial charge in [0, 0.05) is 18.6 Å². The molecule has 0 amide bonds. The van der Waals surface area contributed by atoms with E-state index in [1.165, 1.54) is 16.3 Å². The molecule has 0 bridgehead atoms. The molecule has 2 atom stereocenters. The fraction of sp³-hybridized carbons (Fsp3) is 0.444. The monoisotopic (exact) mass is 269 g/mol. The SMILES string of the molecule is CCCNC(c1ccc2ccccc2c1)C1CCOC1. The highest BCUT2D eigenvalue weighted by Crippen LogP contribution is 2.30. The van der Waals surface area contributed by atoms with E-state index in [1.807, 2.05) is 0 Å². The Kier molecular flexibility index (Phi) is 4.34. The van der Waals surface area contributed by atoms with Crippen molar-refractivity contribution in [2.45, 2.75) is 25.8 Å². The van der Waals surface area contributed by atoms with Crippen LogP contribution in [0.1, 0.15) is 31.4 Å². The third kappa shape index (κ3) is 2.87. The maximum absolute atomic E-state index is 5.59. The molecule has 1 saturated heterocycles. The Morgan fingerprint density at radius 1 is 1.20 bits per heavy atom. The standard InChI is InChI=1S/C18H23NO/c1-2-10-19-18(17-9-11-20-13-17)16-8-7-14-5-3-4-6-15(14)12-16/h3-8,12,17-19H,2,9-11,13H2,1H3. The third-order valence-corrected chi connectivity index (χ3v) is 4.18. The van der Waals surface area contributed by atoms with Gasteiger partial charge < -0.3 is 10.1 Å². The fourth-order valence-electron chi connectivity index (χ4n) is 3.07. The Morgan fingerprint density at radius 2 is 2.05 bits per heavy atom. The topological polar surface area (TPSA) is 21.3 Å². The second kappa shape index (κ2) is 6.38. The highest BCUT2D eigenvalue weighted by Gasteiger charge is 2.26. The van der Waals surface area contributed by atoms with Gasteiger partial charge in [-0.05, 0) is 41.8 Å². The molecular formula is C18H23NO. The second-order valence-electron chi connectivity index (χ2n) is 5.66. The van der Waals surface area contributed by atoms with Crippen molar-refractivity contribution in [1.82, 2.24) is 5.32 Å². The second-order valence-corrected chi connectivity index (χ2v) is 5.66. The number of nitrogens with one attached hydrogen (secondary N) is 1. The van der Waals surface area contributed by atoms with Gasteiger partial charge in [-0.15, -0.1) is 0 Å². The van der Waals surface area contributed by atoms with Gasteiger partial charge >= 0.3 is 0 Å². The Morgan fingerprint density at radius 3 is 2.80 bits per heavy atom. The zero-order valence-electron chi connectivity index (χ0n) is 12.1. The van der Waals surface area contributed by atoms with Crippen LogP contribution in [0.5, 0.6) is 0 Å². The number of hydrogen-bond acceptors (Lipinski definition) is 2. The lowest BCUT2D eigenvalue weighted by Gasteiger charge is -2.24. The van der Waals surface area contributed by atoms with Gasteiger partial charge in [0.25, 0.3) is 0 Å². The molecule has 1 heterocycles. The maximum atomic E-state index is 5.59. The van der Waals surface area contributed by atoms with Gasteiger partial charge in [0.1, 0.15) is 0 Å². The summed E-state index contributed by atoms with van der Waals surface area (Å²) in [6.07, 6.45) is 2.33. The van der Waals surface area contributed by atoms with Crippen LogP contribution < -0.4 is 5.32 Å². The molecule has 0 spiro atoms. The molecule has 2 unspecified atom stereocenters. The quantitative estimate of drug-likeness (QED) is 0.888. The van der Waals surface area contributed by atoms with E-state index < -0.39 is 0 Å². The summed E-state index contributed by atoms with van der Waals surface area (Å²) in [6.45, 7) is 5.07. The molecule has 20 heavy (non-hydrogen) atoms. The van der Waals surface area contributed by atoms with Crippen molar-refractivity contribution >= 4 is 10.8 Å². The first kappa shape index (κ1) is 13.6. The summed E-state index contributed by atoms with van der Waals surface area (Å²) in [5.41, 5.74) is 1.40. The lowest BCUT2D eigenvalue weighted by atomic mass is 9.91. The molecule has 2 aromatic carbocycles. The van der Waals surface area contributed by atoms with E-state index in [2.05, 4.69) is 54.7 Å². The van der Waals surface area contributed by atoms with Crippen molar-refractivity contribution in [2.24, 2.45) is 5.92 Å². The molecule has 2 heteroatoms. The Hall–Kier alpha value is -1.38. The fourth-order valence-corrected chi connectivity index (χ4v) is 3.07. The van der Waals surface area contributed by atoms with Crippen LogP contribution in [0, 0.1) is 5.92 Å². The molecule has 0 aliphatic carbocycles. The Labute approximate surface area is 121 Å². The van der Waals surface area contributed by atoms with Gasteiger partial charge in [-0.1, -0.05) is 43.3 Å². The summed E-state index contributed by atoms with van der Waals surface area (Å²) in [5, 5.41) is 6.35. The van der Waals surface area contributed by atoms with Crippen molar-refractivity contribution in [2.75, 3.05) is 19.8 Å². The summed E-state index contributed by atoms with van der Waals surface area (Å²) >= 11 is 0. The number of rotatable bonds is 5. The van der Waals surface area contributed by atoms with Crippen molar-refractivity contribution in [3.8, 4) is 0 Å². The van der Waals surface area contributed by atoms with E-state index in [1.54, 1.807) is 0 Å². The zero-order valence-corrected chi connectivity index (χ0v) is 12.1. The van der Waals surface area contributed by atoms with E-state index in [9.17, 15) is 0 Å². The first-order valence-electron chi connectivity index (χ1n) is 7.68. The van der Waals surface area contributed by atoms with Crippen LogP contribution in [0.3, 0.4) is 0 Å². The normalized spacial score (nSPS) is 20.4. The molecule has 2 nitrogen and oxygen atoms in total. The van der Waals surface area contributed by atoms with E-state index in [4.69, 9.17) is 4.74 Å². The van der Waals surface area contributed by atoms with Crippen LogP contribution in [-0.2, 0) is 4.74 Å². The Balaban J connectivity index is 1.90. The van der Waals surface area contributed by atoms with Crippen molar-refractivity contribution < 1.29 is 4.74 Å². The van der Waals surface area contributed by atoms with Gasteiger partial charge in [-0.2, -0.15) is 0 Å². The summed E-state index contributed by atoms with van der Waals surface area (Å²) in [6, 6.07) is 15.8. The maximum Gasteiger partial charge on any atom is 0.0513 e. The lowest BCUT2D eigenvalue weighted by molar-refractivity contribution is 0.176. The van der Waals surface area contributed by atoms with Crippen molar-refractivity contribution in [3.63, 3.8) is 0 Å². The minimum atomic E-state index is 0.419. The van der Waals surface area contributed by atoms with Gasteiger partial charge in [-0.25, -0.2) is 0 Å². The molecule has 2 aromatic rings. The van der Waals surface area contributed by atoms with E-state index in [-0.39, 0.29) is 0 Å². The first-order chi connectivity index (χ1) is 9.88. The zero-order chi connectivity index (χ0) is 13.8. The minimum Gasteiger partial charge on any atom is -0.381 e. The number of hydrogen-bond donors (Lipinski definition) is 1. The molecule has 0 saturated carbocycles. The van der Waals surface area contributed by atoms with Crippen LogP contribution in [0.15, 0.2) is 42.5 Å². The highest BCUT2D eigenvalue weighted by atomic mass is 16.5. The van der Waals surface area contributed by atoms with Crippen LogP contribution in [0.2, 0.25) is 0 Å². The first-order valence-corrected chi connectivity index (χ1v) is 7.68. The third-order valence-electron chi connectivity index (χ3n) is 4.18. The highest BCUT2D eigenvalue weighted by molar-refractivity contribution is 5.83. The molecule has 0 aromatic heterocycles. The molecule has 1 aliphatic heterocycles. The lowest BCUT2D eigenvalue weighted by Crippen LogP contribution is -2.29. The van der Waals surface area contributed by atoms with E-state index in [0.29, 0.717) is 12.0 Å². The molecule has 1 aliphatic rings. The predicted octanol–water partition coefficient (Wildman–Crippen LogP) is 3.92. The Bertz CT molecular complexity index is 560. The molecule has 0 radical (unpaired) electrons. The smallest absolute Gasteiger partial charge is 0.0513 e. The predicted molar refractivity (Wildman–Crippen MR) is 83.9 cm³/mol. The van der Waals surface area contributed by atoms with Crippen LogP contribution in [0.25, 0.3) is 10.8 Å². The van der Waals surface area contributed by atoms with Gasteiger partial charge in [-0.3, -0.25) is 0 Å². The van der Waals surface area contributed by atoms with Crippen molar-refractivity contribution in [3.05, 3.63) is 48.0 Å². The summed E-state index contributed by atoms with van der Waals surface area (Å²) < 4.78 is 5.59. The molecular weight excluding hydrogens is 246 g/mol. The largest absolute Gasteiger partial charge is 0.381 e. The van der Waals surface area contributed by atoms with E-state index >= 15 is 0 Å². The molecule has 106 valence electrons. The minimum absolute atomic E-state index is 0.419. The average molecular weight is 269 g/mol. The molecule has 1 N–H and O–H groups in total. The average Bonchev–Trinajstić information content (AvgIpc) is 3.02. The molecule has 3 rings (SSSR count). The van der Waals surface area contributed by atoms with Crippen LogP contribution in [-0.4, -0.2) is 19.8 Å².